The molecule has 0 saturated heterocycles. The molecule has 0 unspecified atom stereocenters. The number of benzene rings is 6. The number of ether oxygens (including phenoxy) is 2. The molecule has 6 aromatic rings. The number of aryl methyl sites for hydroxylation is 2. The monoisotopic (exact) mass is 1090 g/mol. The number of hydrogen-bond donors (Lipinski definition) is 9. The normalized spacial score (nSPS) is 14.5. The quantitative estimate of drug-likeness (QED) is 0.0247. The number of carbonyl (C=O) groups is 4. The highest BCUT2D eigenvalue weighted by Gasteiger charge is 2.35. The third kappa shape index (κ3) is 11.4. The van der Waals surface area contributed by atoms with Gasteiger partial charge in [0, 0.05) is 34.6 Å². The third-order valence-electron chi connectivity index (χ3n) is 11.5. The average molecular weight is 1090 g/mol. The lowest BCUT2D eigenvalue weighted by Crippen LogP contribution is -2.27. The number of methoxy groups -OCH3 is 2. The van der Waals surface area contributed by atoms with Gasteiger partial charge in [-0.2, -0.15) is 47.5 Å². The van der Waals surface area contributed by atoms with Crippen LogP contribution in [0, 0.1) is 13.8 Å². The molecule has 0 atom stereocenters. The first-order chi connectivity index (χ1) is 36.4. The molecule has 2 aliphatic rings. The summed E-state index contributed by atoms with van der Waals surface area (Å²) in [7, 11) is -7.57. The number of Topliss-reactive ketones (excluding diaryl/α,β-unsaturated/α-hetero) is 2. The molecule has 0 saturated carbocycles. The van der Waals surface area contributed by atoms with Crippen molar-refractivity contribution in [3.63, 3.8) is 0 Å². The number of carbonyl (C=O) groups excluding carboxylic acids is 2. The van der Waals surface area contributed by atoms with Gasteiger partial charge in [0.2, 0.25) is 11.6 Å². The van der Waals surface area contributed by atoms with Crippen LogP contribution in [0.2, 0.25) is 0 Å². The van der Waals surface area contributed by atoms with Crippen molar-refractivity contribution in [3.05, 3.63) is 151 Å². The van der Waals surface area contributed by atoms with Gasteiger partial charge in [-0.25, -0.2) is 9.59 Å². The van der Waals surface area contributed by atoms with Gasteiger partial charge < -0.3 is 35.2 Å². The first-order valence-corrected chi connectivity index (χ1v) is 24.9. The predicted molar refractivity (Wildman–Crippen MR) is 280 cm³/mol. The number of hydrazone groups is 2. The number of nitrogens with one attached hydrogen (secondary N) is 3. The molecule has 0 bridgehead atoms. The van der Waals surface area contributed by atoms with Gasteiger partial charge in [0.15, 0.2) is 11.4 Å². The molecule has 9 N–H and O–H groups in total. The molecule has 8 rings (SSSR count). The van der Waals surface area contributed by atoms with Crippen LogP contribution >= 0.6 is 0 Å². The lowest BCUT2D eigenvalue weighted by Gasteiger charge is -2.19. The van der Waals surface area contributed by atoms with Crippen molar-refractivity contribution in [1.29, 1.82) is 0 Å². The molecule has 25 nitrogen and oxygen atoms in total. The second-order valence-electron chi connectivity index (χ2n) is 16.6. The first kappa shape index (κ1) is 53.3. The van der Waals surface area contributed by atoms with Crippen LogP contribution in [0.5, 0.6) is 23.0 Å². The molecule has 0 radical (unpaired) electrons. The number of allylic oxidation sites excluding steroid dienone is 2. The molecule has 0 aliphatic heterocycles. The number of hydrogen-bond acceptors (Lipinski definition) is 21. The maximum Gasteiger partial charge on any atom is 0.339 e. The van der Waals surface area contributed by atoms with Crippen molar-refractivity contribution in [2.45, 2.75) is 13.8 Å². The number of azo groups is 2. The Bertz CT molecular complexity index is 3730. The Kier molecular flexibility index (Phi) is 14.6. The van der Waals surface area contributed by atoms with E-state index in [0.717, 1.165) is 36.4 Å². The van der Waals surface area contributed by atoms with Crippen molar-refractivity contribution >= 4 is 113 Å². The Morgan fingerprint density at radius 1 is 0.532 bits per heavy atom. The molecule has 6 aromatic carbocycles. The van der Waals surface area contributed by atoms with E-state index in [1.807, 2.05) is 0 Å². The van der Waals surface area contributed by atoms with Crippen LogP contribution in [0.4, 0.5) is 45.5 Å². The van der Waals surface area contributed by atoms with E-state index in [9.17, 15) is 65.5 Å². The van der Waals surface area contributed by atoms with Crippen LogP contribution in [-0.4, -0.2) is 95.5 Å². The smallest absolute Gasteiger partial charge is 0.339 e. The fourth-order valence-corrected chi connectivity index (χ4v) is 8.97. The third-order valence-corrected chi connectivity index (χ3v) is 13.2. The SMILES string of the molecule is COc1cc(N=Nc2ccc(O)c(C(=O)O)c2)c(C)cc1NN=C1C(=O)c2ccc(Nc3ccc4c(c3)C=C(S(=O)(=O)O)C(=NNc3cc(C)c(N=Nc5ccc(O)c(C(=O)O)c5)cc3OC)C4=O)cc2C=C1S(=O)(=O)O. The lowest BCUT2D eigenvalue weighted by molar-refractivity contribution is 0.0682. The molecule has 2 aliphatic carbocycles. The van der Waals surface area contributed by atoms with Crippen LogP contribution in [0.25, 0.3) is 12.2 Å². The standard InChI is InChI=1S/C50H39N9O16S2/c1-23-13-37(41(74-3)21-35(23)54-52-29-7-11-39(60)33(19-29)49(64)65)56-58-45-43(76(68,69)70)17-25-15-27(5-9-31(25)47(45)62)51-28-6-10-32-26(16-28)18-44(77(71,72)73)46(48(32)63)59-57-38-14-24(2)36(22-42(38)75-4)55-53-30-8-12-40(61)34(20-30)50(66)67/h5-22,51,56-57,60-61H,1-4H3,(H,64,65)(H,66,67)(H,68,69,70)(H,71,72,73). The van der Waals surface area contributed by atoms with Gasteiger partial charge in [0.25, 0.3) is 20.2 Å². The van der Waals surface area contributed by atoms with Gasteiger partial charge in [-0.1, -0.05) is 0 Å². The summed E-state index contributed by atoms with van der Waals surface area (Å²) in [6.45, 7) is 3.27. The minimum absolute atomic E-state index is 0.0163. The van der Waals surface area contributed by atoms with E-state index < -0.39 is 76.5 Å². The van der Waals surface area contributed by atoms with E-state index >= 15 is 0 Å². The minimum Gasteiger partial charge on any atom is -0.507 e. The summed E-state index contributed by atoms with van der Waals surface area (Å²) < 4.78 is 82.5. The Morgan fingerprint density at radius 3 is 1.27 bits per heavy atom. The highest BCUT2D eigenvalue weighted by molar-refractivity contribution is 7.91. The van der Waals surface area contributed by atoms with Crippen molar-refractivity contribution in [3.8, 4) is 23.0 Å². The van der Waals surface area contributed by atoms with E-state index in [1.165, 1.54) is 87.0 Å². The molecule has 0 spiro atoms. The van der Waals surface area contributed by atoms with Crippen LogP contribution in [0.15, 0.2) is 138 Å². The van der Waals surface area contributed by atoms with Crippen LogP contribution in [0.1, 0.15) is 63.7 Å². The number of nitrogens with zero attached hydrogens (tertiary/aromatic N) is 6. The molecule has 0 heterocycles. The number of anilines is 4. The number of aromatic carboxylic acids is 2. The first-order valence-electron chi connectivity index (χ1n) is 22.0. The van der Waals surface area contributed by atoms with Gasteiger partial charge in [-0.3, -0.25) is 29.5 Å². The zero-order valence-corrected chi connectivity index (χ0v) is 41.8. The molecule has 0 aromatic heterocycles. The highest BCUT2D eigenvalue weighted by atomic mass is 32.2. The molecule has 0 fully saturated rings. The number of rotatable bonds is 16. The molecule has 77 heavy (non-hydrogen) atoms. The van der Waals surface area contributed by atoms with Crippen LogP contribution in [0.3, 0.4) is 0 Å². The number of aromatic hydroxyl groups is 2. The van der Waals surface area contributed by atoms with E-state index in [2.05, 4.69) is 46.8 Å². The number of carboxylic acid groups (broad SMARTS) is 2. The summed E-state index contributed by atoms with van der Waals surface area (Å²) in [5.74, 6) is -5.24. The van der Waals surface area contributed by atoms with Gasteiger partial charge >= 0.3 is 11.9 Å². The molecular weight excluding hydrogens is 1050 g/mol. The largest absolute Gasteiger partial charge is 0.507 e. The van der Waals surface area contributed by atoms with E-state index in [-0.39, 0.29) is 90.4 Å². The molecule has 392 valence electrons. The van der Waals surface area contributed by atoms with E-state index in [4.69, 9.17) is 9.47 Å². The van der Waals surface area contributed by atoms with Crippen LogP contribution < -0.4 is 25.6 Å². The minimum atomic E-state index is -5.10. The summed E-state index contributed by atoms with van der Waals surface area (Å²) in [4.78, 5) is 48.9. The molecule has 0 amide bonds. The summed E-state index contributed by atoms with van der Waals surface area (Å²) >= 11 is 0. The lowest BCUT2D eigenvalue weighted by atomic mass is 9.93. The zero-order chi connectivity index (χ0) is 55.7. The zero-order valence-electron chi connectivity index (χ0n) is 40.2. The van der Waals surface area contributed by atoms with E-state index in [1.54, 1.807) is 13.8 Å². The number of fused-ring (bicyclic) bond motifs is 2. The highest BCUT2D eigenvalue weighted by Crippen LogP contribution is 2.38. The number of phenols is 2. The van der Waals surface area contributed by atoms with Gasteiger partial charge in [-0.05, 0) is 133 Å². The second kappa shape index (κ2) is 21.1. The Morgan fingerprint density at radius 2 is 0.922 bits per heavy atom. The summed E-state index contributed by atoms with van der Waals surface area (Å²) in [5, 5.41) is 65.8. The topological polar surface area (TPSA) is 387 Å². The predicted octanol–water partition coefficient (Wildman–Crippen LogP) is 9.49. The van der Waals surface area contributed by atoms with Gasteiger partial charge in [0.1, 0.15) is 43.9 Å². The van der Waals surface area contributed by atoms with Crippen molar-refractivity contribution < 1.29 is 75.0 Å². The Hall–Kier alpha value is -9.96. The van der Waals surface area contributed by atoms with Crippen molar-refractivity contribution in [2.24, 2.45) is 30.7 Å². The maximum absolute atomic E-state index is 13.9. The maximum atomic E-state index is 13.9. The fraction of sp³-hybridized carbons (Fsp3) is 0.0800. The fourth-order valence-electron chi connectivity index (χ4n) is 7.66. The summed E-state index contributed by atoms with van der Waals surface area (Å²) in [6.07, 6.45) is 2.06. The van der Waals surface area contributed by atoms with Gasteiger partial charge in [0.05, 0.1) is 48.3 Å². The Labute approximate surface area is 435 Å². The van der Waals surface area contributed by atoms with Crippen LogP contribution in [-0.2, 0) is 20.2 Å². The van der Waals surface area contributed by atoms with Crippen molar-refractivity contribution in [2.75, 3.05) is 30.4 Å². The van der Waals surface area contributed by atoms with Crippen molar-refractivity contribution in [1.82, 2.24) is 0 Å². The second-order valence-corrected chi connectivity index (χ2v) is 19.4. The Balaban J connectivity index is 1.02. The summed E-state index contributed by atoms with van der Waals surface area (Å²) in [5.41, 5.74) is 5.70. The van der Waals surface area contributed by atoms with Gasteiger partial charge in [-0.15, -0.1) is 0 Å². The number of ketones is 2. The summed E-state index contributed by atoms with van der Waals surface area (Å²) in [6, 6.07) is 21.6. The average Bonchev–Trinajstić information content (AvgIpc) is 3.44. The number of carboxylic acids is 2. The molecular formula is C50H39N9O16S2. The molecule has 27 heteroatoms. The van der Waals surface area contributed by atoms with E-state index in [0.29, 0.717) is 11.1 Å².